The van der Waals surface area contributed by atoms with Gasteiger partial charge in [-0.1, -0.05) is 6.92 Å². The van der Waals surface area contributed by atoms with Crippen LogP contribution in [0.2, 0.25) is 0 Å². The fourth-order valence-corrected chi connectivity index (χ4v) is 4.76. The third-order valence-electron chi connectivity index (χ3n) is 5.19. The molecule has 0 radical (unpaired) electrons. The van der Waals surface area contributed by atoms with E-state index in [-0.39, 0.29) is 42.7 Å². The molecule has 2 N–H and O–H groups in total. The van der Waals surface area contributed by atoms with E-state index in [1.165, 1.54) is 26.7 Å². The number of esters is 1. The number of rotatable bonds is 9. The van der Waals surface area contributed by atoms with Crippen LogP contribution >= 0.6 is 7.82 Å². The highest BCUT2D eigenvalue weighted by molar-refractivity contribution is 7.48. The first-order valence-corrected chi connectivity index (χ1v) is 11.9. The lowest BCUT2D eigenvalue weighted by molar-refractivity contribution is -0.157. The van der Waals surface area contributed by atoms with Gasteiger partial charge in [0.2, 0.25) is 5.79 Å². The number of nitrogens with two attached hydrogens (primary N) is 1. The maximum atomic E-state index is 16.2. The highest BCUT2D eigenvalue weighted by Gasteiger charge is 2.52. The van der Waals surface area contributed by atoms with E-state index in [9.17, 15) is 9.36 Å². The van der Waals surface area contributed by atoms with Gasteiger partial charge in [0, 0.05) is 7.11 Å². The number of fused-ring (bicyclic) bond motifs is 1. The summed E-state index contributed by atoms with van der Waals surface area (Å²) >= 11 is 0. The van der Waals surface area contributed by atoms with E-state index in [2.05, 4.69) is 15.0 Å². The molecular formula is C19H29FN5O7P. The lowest BCUT2D eigenvalue weighted by Crippen LogP contribution is -2.51. The Morgan fingerprint density at radius 2 is 2.12 bits per heavy atom. The minimum Gasteiger partial charge on any atom is -0.463 e. The number of anilines is 1. The highest BCUT2D eigenvalue weighted by Crippen LogP contribution is 2.56. The molecule has 2 aromatic heterocycles. The van der Waals surface area contributed by atoms with Crippen molar-refractivity contribution < 1.29 is 36.8 Å². The van der Waals surface area contributed by atoms with Crippen LogP contribution in [0, 0.1) is 5.92 Å². The second-order valence-corrected chi connectivity index (χ2v) is 9.74. The molecule has 184 valence electrons. The summed E-state index contributed by atoms with van der Waals surface area (Å²) in [6, 6.07) is 0. The Balaban J connectivity index is 1.75. The number of alkyl halides is 1. The van der Waals surface area contributed by atoms with Crippen LogP contribution in [0.25, 0.3) is 11.2 Å². The number of imidazole rings is 1. The Kier molecular flexibility index (Phi) is 7.69. The van der Waals surface area contributed by atoms with Gasteiger partial charge in [-0.05, 0) is 27.2 Å². The van der Waals surface area contributed by atoms with E-state index < -0.39 is 37.7 Å². The largest absolute Gasteiger partial charge is 0.475 e. The van der Waals surface area contributed by atoms with Crippen LogP contribution in [0.4, 0.5) is 10.2 Å². The summed E-state index contributed by atoms with van der Waals surface area (Å²) in [7, 11) is -2.81. The van der Waals surface area contributed by atoms with Crippen LogP contribution in [0.3, 0.4) is 0 Å². The zero-order valence-electron chi connectivity index (χ0n) is 19.1. The van der Waals surface area contributed by atoms with Gasteiger partial charge in [0.15, 0.2) is 17.6 Å². The van der Waals surface area contributed by atoms with Gasteiger partial charge < -0.3 is 15.2 Å². The molecule has 0 saturated carbocycles. The fourth-order valence-electron chi connectivity index (χ4n) is 3.30. The molecule has 0 aliphatic carbocycles. The Hall–Kier alpha value is -2.18. The van der Waals surface area contributed by atoms with Gasteiger partial charge in [-0.25, -0.2) is 23.9 Å². The van der Waals surface area contributed by atoms with Crippen LogP contribution < -0.4 is 5.73 Å². The summed E-state index contributed by atoms with van der Waals surface area (Å²) in [4.78, 5) is 23.9. The minimum atomic E-state index is -4.17. The molecule has 12 nitrogen and oxygen atoms in total. The molecule has 0 bridgehead atoms. The average molecular weight is 489 g/mol. The van der Waals surface area contributed by atoms with Gasteiger partial charge in [0.25, 0.3) is 0 Å². The SMILES string of the molecule is CO[C@@H]1COP(=O)(OCC[C@@H](C)C(=O)OC(C)C)O[C@H]1[C@@](C)(F)n1cnc2c(N)ncnc21. The number of nitrogens with zero attached hydrogens (tertiary/aromatic N) is 4. The summed E-state index contributed by atoms with van der Waals surface area (Å²) < 4.78 is 57.0. The van der Waals surface area contributed by atoms with Crippen molar-refractivity contribution in [3.63, 3.8) is 0 Å². The number of carbonyl (C=O) groups is 1. The summed E-state index contributed by atoms with van der Waals surface area (Å²) in [6.07, 6.45) is 0.0222. The molecule has 3 heterocycles. The van der Waals surface area contributed by atoms with Crippen molar-refractivity contribution in [3.8, 4) is 0 Å². The zero-order valence-corrected chi connectivity index (χ0v) is 20.0. The molecule has 1 fully saturated rings. The number of aromatic nitrogens is 4. The van der Waals surface area contributed by atoms with E-state index in [1.807, 2.05) is 0 Å². The van der Waals surface area contributed by atoms with Crippen molar-refractivity contribution in [2.45, 2.75) is 58.2 Å². The second-order valence-electron chi connectivity index (χ2n) is 8.12. The van der Waals surface area contributed by atoms with E-state index in [0.29, 0.717) is 0 Å². The Labute approximate surface area is 190 Å². The molecule has 5 atom stereocenters. The van der Waals surface area contributed by atoms with Crippen LogP contribution in [0.5, 0.6) is 0 Å². The molecular weight excluding hydrogens is 460 g/mol. The van der Waals surface area contributed by atoms with E-state index in [4.69, 9.17) is 28.8 Å². The van der Waals surface area contributed by atoms with Gasteiger partial charge in [-0.3, -0.25) is 22.9 Å². The van der Waals surface area contributed by atoms with Crippen molar-refractivity contribution in [2.75, 3.05) is 26.1 Å². The predicted molar refractivity (Wildman–Crippen MR) is 115 cm³/mol. The molecule has 1 aliphatic heterocycles. The number of methoxy groups -OCH3 is 1. The topological polar surface area (TPSA) is 150 Å². The number of ether oxygens (including phenoxy) is 2. The summed E-state index contributed by atoms with van der Waals surface area (Å²) in [5.74, 6) is -3.14. The number of phosphoric ester groups is 1. The molecule has 1 saturated heterocycles. The number of carbonyl (C=O) groups excluding carboxylic acids is 1. The van der Waals surface area contributed by atoms with Gasteiger partial charge in [0.1, 0.15) is 17.9 Å². The number of halogens is 1. The van der Waals surface area contributed by atoms with Crippen molar-refractivity contribution in [2.24, 2.45) is 5.92 Å². The Bertz CT molecular complexity index is 1030. The van der Waals surface area contributed by atoms with Gasteiger partial charge in [-0.2, -0.15) is 0 Å². The standard InChI is InChI=1S/C19H29FN5O7P/c1-11(2)31-18(26)12(3)6-7-29-33(27)30-8-13(28-5)15(32-33)19(4,20)25-10-24-14-16(21)22-9-23-17(14)25/h9-13,15H,6-8H2,1-5H3,(H2,21,22,23)/t12-,13-,15-,19+,33?/m1/s1. The van der Waals surface area contributed by atoms with Crippen LogP contribution in [-0.2, 0) is 38.2 Å². The Morgan fingerprint density at radius 3 is 2.79 bits per heavy atom. The predicted octanol–water partition coefficient (Wildman–Crippen LogP) is 2.58. The Morgan fingerprint density at radius 1 is 1.39 bits per heavy atom. The number of hydrogen-bond acceptors (Lipinski definition) is 11. The van der Waals surface area contributed by atoms with Crippen molar-refractivity contribution >= 4 is 30.8 Å². The monoisotopic (exact) mass is 489 g/mol. The molecule has 2 aromatic rings. The molecule has 14 heteroatoms. The summed E-state index contributed by atoms with van der Waals surface area (Å²) in [5, 5.41) is 0. The smallest absolute Gasteiger partial charge is 0.463 e. The van der Waals surface area contributed by atoms with E-state index in [1.54, 1.807) is 20.8 Å². The third kappa shape index (κ3) is 5.49. The maximum Gasteiger partial charge on any atom is 0.475 e. The normalized spacial score (nSPS) is 26.3. The van der Waals surface area contributed by atoms with Crippen molar-refractivity contribution in [1.29, 1.82) is 0 Å². The van der Waals surface area contributed by atoms with E-state index in [0.717, 1.165) is 4.57 Å². The molecule has 0 aromatic carbocycles. The van der Waals surface area contributed by atoms with Crippen molar-refractivity contribution in [1.82, 2.24) is 19.5 Å². The van der Waals surface area contributed by atoms with Gasteiger partial charge >= 0.3 is 13.8 Å². The minimum absolute atomic E-state index is 0.0878. The summed E-state index contributed by atoms with van der Waals surface area (Å²) in [5.41, 5.74) is 6.13. The zero-order chi connectivity index (χ0) is 24.4. The van der Waals surface area contributed by atoms with Crippen LogP contribution in [0.15, 0.2) is 12.7 Å². The maximum absolute atomic E-state index is 16.2. The van der Waals surface area contributed by atoms with Gasteiger partial charge in [-0.15, -0.1) is 0 Å². The lowest BCUT2D eigenvalue weighted by Gasteiger charge is -2.40. The second kappa shape index (κ2) is 9.98. The fraction of sp³-hybridized carbons (Fsp3) is 0.684. The molecule has 0 spiro atoms. The molecule has 3 rings (SSSR count). The van der Waals surface area contributed by atoms with Gasteiger partial charge in [0.05, 0.1) is 31.6 Å². The molecule has 1 unspecified atom stereocenters. The third-order valence-corrected chi connectivity index (χ3v) is 6.64. The molecule has 0 amide bonds. The molecule has 1 aliphatic rings. The number of phosphoric acid groups is 1. The lowest BCUT2D eigenvalue weighted by atomic mass is 10.0. The highest BCUT2D eigenvalue weighted by atomic mass is 31.2. The molecule has 33 heavy (non-hydrogen) atoms. The van der Waals surface area contributed by atoms with Crippen LogP contribution in [-0.4, -0.2) is 64.1 Å². The van der Waals surface area contributed by atoms with Crippen molar-refractivity contribution in [3.05, 3.63) is 12.7 Å². The quantitative estimate of drug-likeness (QED) is 0.409. The van der Waals surface area contributed by atoms with E-state index >= 15 is 4.39 Å². The first kappa shape index (κ1) is 25.4. The first-order chi connectivity index (χ1) is 15.5. The van der Waals surface area contributed by atoms with Crippen LogP contribution in [0.1, 0.15) is 34.1 Å². The number of hydrogen-bond donors (Lipinski definition) is 1. The number of nitrogen functional groups attached to an aromatic ring is 1. The first-order valence-electron chi connectivity index (χ1n) is 10.4. The summed E-state index contributed by atoms with van der Waals surface area (Å²) in [6.45, 7) is 5.99. The average Bonchev–Trinajstić information content (AvgIpc) is 3.19.